The average molecular weight is 538 g/mol. The zero-order valence-electron chi connectivity index (χ0n) is 21.9. The van der Waals surface area contributed by atoms with Crippen LogP contribution >= 0.6 is 11.3 Å². The lowest BCUT2D eigenvalue weighted by Crippen LogP contribution is -2.12. The van der Waals surface area contributed by atoms with E-state index in [4.69, 9.17) is 9.47 Å². The molecule has 198 valence electrons. The summed E-state index contributed by atoms with van der Waals surface area (Å²) in [4.78, 5) is 25.8. The lowest BCUT2D eigenvalue weighted by atomic mass is 9.89. The Balaban J connectivity index is 1.28. The number of hydrogen-bond acceptors (Lipinski definition) is 5. The summed E-state index contributed by atoms with van der Waals surface area (Å²) < 4.78 is 11.2. The van der Waals surface area contributed by atoms with Crippen molar-refractivity contribution in [2.45, 2.75) is 39.2 Å². The highest BCUT2D eigenvalue weighted by Crippen LogP contribution is 2.38. The molecule has 1 aliphatic carbocycles. The van der Waals surface area contributed by atoms with Crippen LogP contribution < -0.4 is 10.1 Å². The fourth-order valence-corrected chi connectivity index (χ4v) is 5.67. The maximum Gasteiger partial charge on any atom is 0.341 e. The maximum atomic E-state index is 12.9. The van der Waals surface area contributed by atoms with Gasteiger partial charge in [0, 0.05) is 17.0 Å². The Morgan fingerprint density at radius 1 is 0.949 bits per heavy atom. The Morgan fingerprint density at radius 2 is 1.72 bits per heavy atom. The van der Waals surface area contributed by atoms with Gasteiger partial charge in [0.25, 0.3) is 0 Å². The summed E-state index contributed by atoms with van der Waals surface area (Å²) in [6.07, 6.45) is 7.75. The zero-order chi connectivity index (χ0) is 27.0. The second-order valence-corrected chi connectivity index (χ2v) is 10.3. The molecule has 0 aliphatic heterocycles. The smallest absolute Gasteiger partial charge is 0.341 e. The highest BCUT2D eigenvalue weighted by atomic mass is 32.1. The van der Waals surface area contributed by atoms with Gasteiger partial charge in [0.15, 0.2) is 0 Å². The van der Waals surface area contributed by atoms with Gasteiger partial charge in [-0.1, -0.05) is 60.7 Å². The Kier molecular flexibility index (Phi) is 8.54. The van der Waals surface area contributed by atoms with Crippen LogP contribution in [0.2, 0.25) is 0 Å². The second kappa shape index (κ2) is 12.6. The number of esters is 1. The topological polar surface area (TPSA) is 64.6 Å². The first-order valence-electron chi connectivity index (χ1n) is 13.3. The van der Waals surface area contributed by atoms with Gasteiger partial charge in [-0.05, 0) is 78.6 Å². The summed E-state index contributed by atoms with van der Waals surface area (Å²) in [6.45, 7) is 2.54. The Labute approximate surface area is 233 Å². The van der Waals surface area contributed by atoms with Crippen molar-refractivity contribution < 1.29 is 19.1 Å². The van der Waals surface area contributed by atoms with Crippen LogP contribution in [0.4, 0.5) is 5.00 Å². The number of anilines is 1. The minimum Gasteiger partial charge on any atom is -0.489 e. The summed E-state index contributed by atoms with van der Waals surface area (Å²) in [7, 11) is 0. The van der Waals surface area contributed by atoms with Crippen LogP contribution in [0.1, 0.15) is 52.4 Å². The second-order valence-electron chi connectivity index (χ2n) is 9.43. The number of hydrogen-bond donors (Lipinski definition) is 1. The third-order valence-corrected chi connectivity index (χ3v) is 7.62. The summed E-state index contributed by atoms with van der Waals surface area (Å²) in [5.74, 6) is 0.00783. The van der Waals surface area contributed by atoms with Crippen molar-refractivity contribution in [3.05, 3.63) is 112 Å². The fourth-order valence-electron chi connectivity index (χ4n) is 4.71. The molecule has 0 atom stereocenters. The molecule has 1 N–H and O–H groups in total. The van der Waals surface area contributed by atoms with Crippen LogP contribution in [0, 0.1) is 0 Å². The number of carbonyl (C=O) groups is 2. The van der Waals surface area contributed by atoms with Crippen LogP contribution in [-0.4, -0.2) is 18.5 Å². The molecular weight excluding hydrogens is 506 g/mol. The Morgan fingerprint density at radius 3 is 2.49 bits per heavy atom. The van der Waals surface area contributed by atoms with E-state index in [0.717, 1.165) is 40.8 Å². The first-order chi connectivity index (χ1) is 19.1. The average Bonchev–Trinajstić information content (AvgIpc) is 3.39. The van der Waals surface area contributed by atoms with Crippen molar-refractivity contribution in [2.24, 2.45) is 0 Å². The number of rotatable bonds is 9. The van der Waals surface area contributed by atoms with Crippen LogP contribution in [0.15, 0.2) is 84.3 Å². The lowest BCUT2D eigenvalue weighted by Gasteiger charge is -2.17. The van der Waals surface area contributed by atoms with E-state index in [1.165, 1.54) is 41.4 Å². The molecule has 0 fully saturated rings. The van der Waals surface area contributed by atoms with E-state index in [2.05, 4.69) is 23.5 Å². The zero-order valence-corrected chi connectivity index (χ0v) is 22.8. The van der Waals surface area contributed by atoms with E-state index in [9.17, 15) is 9.59 Å². The van der Waals surface area contributed by atoms with Gasteiger partial charge in [-0.2, -0.15) is 0 Å². The molecule has 3 aromatic carbocycles. The molecule has 1 aliphatic rings. The first-order valence-corrected chi connectivity index (χ1v) is 14.2. The van der Waals surface area contributed by atoms with Crippen LogP contribution in [0.3, 0.4) is 0 Å². The van der Waals surface area contributed by atoms with Crippen LogP contribution in [0.25, 0.3) is 17.2 Å². The fraction of sp³-hybridized carbons (Fsp3) is 0.212. The Hall–Kier alpha value is -4.16. The Bertz CT molecular complexity index is 1470. The molecule has 0 unspecified atom stereocenters. The SMILES string of the molecule is CCOC(=O)c1c(-c2ccc3c(c2)CCCC3)csc1NC(=O)/C=C/c1ccc(OCc2ccccc2)cc1. The number of nitrogens with one attached hydrogen (secondary N) is 1. The van der Waals surface area contributed by atoms with Gasteiger partial charge in [-0.25, -0.2) is 4.79 Å². The van der Waals surface area contributed by atoms with Crippen molar-refractivity contribution in [3.63, 3.8) is 0 Å². The lowest BCUT2D eigenvalue weighted by molar-refractivity contribution is -0.111. The highest BCUT2D eigenvalue weighted by molar-refractivity contribution is 7.15. The van der Waals surface area contributed by atoms with Gasteiger partial charge >= 0.3 is 5.97 Å². The molecule has 39 heavy (non-hydrogen) atoms. The summed E-state index contributed by atoms with van der Waals surface area (Å²) in [5, 5.41) is 5.30. The molecule has 6 heteroatoms. The molecule has 4 aromatic rings. The number of carbonyl (C=O) groups excluding carboxylic acids is 2. The van der Waals surface area contributed by atoms with E-state index >= 15 is 0 Å². The molecule has 5 rings (SSSR count). The minimum atomic E-state index is -0.433. The van der Waals surface area contributed by atoms with E-state index in [0.29, 0.717) is 17.2 Å². The van der Waals surface area contributed by atoms with Crippen LogP contribution in [0.5, 0.6) is 5.75 Å². The monoisotopic (exact) mass is 537 g/mol. The minimum absolute atomic E-state index is 0.261. The quantitative estimate of drug-likeness (QED) is 0.175. The molecule has 1 heterocycles. The molecule has 0 bridgehead atoms. The third kappa shape index (κ3) is 6.65. The van der Waals surface area contributed by atoms with Gasteiger partial charge in [0.2, 0.25) is 5.91 Å². The van der Waals surface area contributed by atoms with E-state index in [1.807, 2.05) is 60.0 Å². The maximum absolute atomic E-state index is 12.9. The molecule has 1 amide bonds. The highest BCUT2D eigenvalue weighted by Gasteiger charge is 2.23. The van der Waals surface area contributed by atoms with Crippen molar-refractivity contribution in [3.8, 4) is 16.9 Å². The van der Waals surface area contributed by atoms with E-state index < -0.39 is 5.97 Å². The van der Waals surface area contributed by atoms with Crippen molar-refractivity contribution in [2.75, 3.05) is 11.9 Å². The van der Waals surface area contributed by atoms with Crippen LogP contribution in [-0.2, 0) is 29.0 Å². The van der Waals surface area contributed by atoms with Gasteiger partial charge in [-0.15, -0.1) is 11.3 Å². The molecule has 0 saturated heterocycles. The summed E-state index contributed by atoms with van der Waals surface area (Å²) >= 11 is 1.33. The normalized spacial score (nSPS) is 12.6. The third-order valence-electron chi connectivity index (χ3n) is 6.72. The number of ether oxygens (including phenoxy) is 2. The number of benzene rings is 3. The molecule has 5 nitrogen and oxygen atoms in total. The van der Waals surface area contributed by atoms with Gasteiger partial charge in [0.1, 0.15) is 22.9 Å². The van der Waals surface area contributed by atoms with E-state index in [1.54, 1.807) is 13.0 Å². The van der Waals surface area contributed by atoms with Crippen molar-refractivity contribution in [1.29, 1.82) is 0 Å². The number of aryl methyl sites for hydroxylation is 2. The van der Waals surface area contributed by atoms with Gasteiger partial charge in [0.05, 0.1) is 6.61 Å². The standard InChI is InChI=1S/C33H31NO4S/c1-2-37-33(36)31-29(27-16-15-25-10-6-7-11-26(25)20-27)22-39-32(31)34-30(35)19-14-23-12-17-28(18-13-23)38-21-24-8-4-3-5-9-24/h3-5,8-9,12-20,22H,2,6-7,10-11,21H2,1H3,(H,34,35)/b19-14+. The number of fused-ring (bicyclic) bond motifs is 1. The largest absolute Gasteiger partial charge is 0.489 e. The van der Waals surface area contributed by atoms with Crippen molar-refractivity contribution in [1.82, 2.24) is 0 Å². The summed E-state index contributed by atoms with van der Waals surface area (Å²) in [5.41, 5.74) is 6.85. The molecule has 1 aromatic heterocycles. The summed E-state index contributed by atoms with van der Waals surface area (Å²) in [6, 6.07) is 23.9. The first kappa shape index (κ1) is 26.4. The van der Waals surface area contributed by atoms with E-state index in [-0.39, 0.29) is 12.5 Å². The number of amides is 1. The molecule has 0 saturated carbocycles. The predicted octanol–water partition coefficient (Wildman–Crippen LogP) is 7.70. The molecule has 0 radical (unpaired) electrons. The van der Waals surface area contributed by atoms with Gasteiger partial charge in [-0.3, -0.25) is 4.79 Å². The van der Waals surface area contributed by atoms with Crippen molar-refractivity contribution >= 4 is 34.3 Å². The number of thiophene rings is 1. The molecular formula is C33H31NO4S. The van der Waals surface area contributed by atoms with Gasteiger partial charge < -0.3 is 14.8 Å². The molecule has 0 spiro atoms. The predicted molar refractivity (Wildman–Crippen MR) is 157 cm³/mol.